The number of benzene rings is 2. The van der Waals surface area contributed by atoms with Crippen LogP contribution in [0.3, 0.4) is 0 Å². The Morgan fingerprint density at radius 1 is 0.870 bits per heavy atom. The van der Waals surface area contributed by atoms with Crippen molar-refractivity contribution in [2.75, 3.05) is 11.1 Å². The zero-order valence-corrected chi connectivity index (χ0v) is 12.5. The summed E-state index contributed by atoms with van der Waals surface area (Å²) in [6.45, 7) is 0. The molecule has 0 aliphatic carbocycles. The smallest absolute Gasteiger partial charge is 0.236 e. The molecule has 0 saturated heterocycles. The second-order valence-corrected chi connectivity index (χ2v) is 5.22. The van der Waals surface area contributed by atoms with Crippen molar-refractivity contribution in [3.63, 3.8) is 0 Å². The molecule has 4 nitrogen and oxygen atoms in total. The molecule has 114 valence electrons. The first-order valence-electron chi connectivity index (χ1n) is 7.36. The largest absolute Gasteiger partial charge is 0.384 e. The van der Waals surface area contributed by atoms with Crippen molar-refractivity contribution in [2.24, 2.45) is 0 Å². The number of aromatic nitrogens is 1. The Balaban J connectivity index is 1.92. The van der Waals surface area contributed by atoms with E-state index in [2.05, 4.69) is 10.3 Å². The molecule has 0 atom stereocenters. The lowest BCUT2D eigenvalue weighted by Crippen LogP contribution is -2.22. The van der Waals surface area contributed by atoms with E-state index >= 15 is 0 Å². The van der Waals surface area contributed by atoms with Gasteiger partial charge in [-0.05, 0) is 23.3 Å². The lowest BCUT2D eigenvalue weighted by molar-refractivity contribution is -0.116. The minimum atomic E-state index is -0.380. The van der Waals surface area contributed by atoms with E-state index in [-0.39, 0.29) is 11.8 Å². The third-order valence-electron chi connectivity index (χ3n) is 3.58. The van der Waals surface area contributed by atoms with Crippen LogP contribution in [0.15, 0.2) is 79.0 Å². The summed E-state index contributed by atoms with van der Waals surface area (Å²) in [5, 5.41) is 2.91. The lowest BCUT2D eigenvalue weighted by Gasteiger charge is -2.17. The number of nitrogens with one attached hydrogen (secondary N) is 1. The molecule has 23 heavy (non-hydrogen) atoms. The Kier molecular flexibility index (Phi) is 4.34. The van der Waals surface area contributed by atoms with Crippen LogP contribution in [0.5, 0.6) is 0 Å². The van der Waals surface area contributed by atoms with Crippen LogP contribution < -0.4 is 11.1 Å². The summed E-state index contributed by atoms with van der Waals surface area (Å²) in [4.78, 5) is 16.8. The van der Waals surface area contributed by atoms with Gasteiger partial charge in [0.15, 0.2) is 0 Å². The highest BCUT2D eigenvalue weighted by Gasteiger charge is 2.22. The van der Waals surface area contributed by atoms with Gasteiger partial charge in [-0.2, -0.15) is 0 Å². The second-order valence-electron chi connectivity index (χ2n) is 5.22. The Morgan fingerprint density at radius 3 is 1.91 bits per heavy atom. The van der Waals surface area contributed by atoms with Gasteiger partial charge in [-0.1, -0.05) is 60.7 Å². The molecule has 3 N–H and O–H groups in total. The molecule has 0 bridgehead atoms. The molecule has 0 aliphatic heterocycles. The van der Waals surface area contributed by atoms with Crippen molar-refractivity contribution < 1.29 is 4.79 Å². The van der Waals surface area contributed by atoms with Gasteiger partial charge in [0.25, 0.3) is 0 Å². The van der Waals surface area contributed by atoms with Gasteiger partial charge in [0.2, 0.25) is 5.91 Å². The maximum Gasteiger partial charge on any atom is 0.236 e. The molecule has 0 unspecified atom stereocenters. The summed E-state index contributed by atoms with van der Waals surface area (Å²) in [6, 6.07) is 22.8. The number of nitrogens with two attached hydrogens (primary N) is 1. The van der Waals surface area contributed by atoms with Gasteiger partial charge in [0, 0.05) is 0 Å². The van der Waals surface area contributed by atoms with Gasteiger partial charge < -0.3 is 11.1 Å². The van der Waals surface area contributed by atoms with E-state index in [0.29, 0.717) is 11.5 Å². The molecule has 1 aromatic heterocycles. The van der Waals surface area contributed by atoms with Crippen molar-refractivity contribution in [3.8, 4) is 0 Å². The number of amides is 1. The van der Waals surface area contributed by atoms with E-state index in [1.807, 2.05) is 60.7 Å². The van der Waals surface area contributed by atoms with E-state index in [9.17, 15) is 4.79 Å². The fourth-order valence-corrected chi connectivity index (χ4v) is 2.48. The first-order chi connectivity index (χ1) is 11.2. The van der Waals surface area contributed by atoms with Gasteiger partial charge in [0.05, 0.1) is 17.8 Å². The number of anilines is 2. The Morgan fingerprint density at radius 2 is 1.43 bits per heavy atom. The molecule has 4 heteroatoms. The number of rotatable bonds is 4. The first-order valence-corrected chi connectivity index (χ1v) is 7.36. The number of pyridine rings is 1. The van der Waals surface area contributed by atoms with E-state index < -0.39 is 0 Å². The van der Waals surface area contributed by atoms with Crippen molar-refractivity contribution in [2.45, 2.75) is 5.92 Å². The van der Waals surface area contributed by atoms with Gasteiger partial charge in [-0.25, -0.2) is 4.98 Å². The molecular weight excluding hydrogens is 286 g/mol. The standard InChI is InChI=1S/C19H17N3O/c20-17-12-11-16(13-21-17)22-19(23)18(14-7-3-1-4-8-14)15-9-5-2-6-10-15/h1-13,18H,(H2,20,21)(H,22,23). The maximum atomic E-state index is 12.8. The van der Waals surface area contributed by atoms with Gasteiger partial charge >= 0.3 is 0 Å². The average Bonchev–Trinajstić information content (AvgIpc) is 2.59. The molecule has 3 aromatic rings. The summed E-state index contributed by atoms with van der Waals surface area (Å²) in [5.41, 5.74) is 8.09. The van der Waals surface area contributed by atoms with Crippen LogP contribution in [0, 0.1) is 0 Å². The summed E-state index contributed by atoms with van der Waals surface area (Å²) >= 11 is 0. The predicted octanol–water partition coefficient (Wildman–Crippen LogP) is 3.43. The van der Waals surface area contributed by atoms with Crippen LogP contribution >= 0.6 is 0 Å². The van der Waals surface area contributed by atoms with Crippen LogP contribution in [0.2, 0.25) is 0 Å². The number of nitrogens with zero attached hydrogens (tertiary/aromatic N) is 1. The number of carbonyl (C=O) groups excluding carboxylic acids is 1. The molecule has 1 amide bonds. The highest BCUT2D eigenvalue weighted by molar-refractivity contribution is 5.98. The normalized spacial score (nSPS) is 10.5. The summed E-state index contributed by atoms with van der Waals surface area (Å²) < 4.78 is 0. The molecule has 3 rings (SSSR count). The van der Waals surface area contributed by atoms with E-state index in [1.165, 1.54) is 0 Å². The van der Waals surface area contributed by atoms with Crippen LogP contribution in [0.4, 0.5) is 11.5 Å². The molecular formula is C19H17N3O. The average molecular weight is 303 g/mol. The van der Waals surface area contributed by atoms with Gasteiger partial charge in [0.1, 0.15) is 5.82 Å². The van der Waals surface area contributed by atoms with E-state index in [1.54, 1.807) is 18.3 Å². The summed E-state index contributed by atoms with van der Waals surface area (Å²) in [5.74, 6) is -0.0606. The minimum absolute atomic E-state index is 0.103. The fourth-order valence-electron chi connectivity index (χ4n) is 2.48. The second kappa shape index (κ2) is 6.75. The lowest BCUT2D eigenvalue weighted by atomic mass is 9.90. The Hall–Kier alpha value is -3.14. The number of hydrogen-bond donors (Lipinski definition) is 2. The number of carbonyl (C=O) groups is 1. The van der Waals surface area contributed by atoms with Gasteiger partial charge in [-0.3, -0.25) is 4.79 Å². The van der Waals surface area contributed by atoms with Crippen LogP contribution in [-0.4, -0.2) is 10.9 Å². The summed E-state index contributed by atoms with van der Waals surface area (Å²) in [7, 11) is 0. The Bertz CT molecular complexity index is 731. The van der Waals surface area contributed by atoms with Crippen molar-refractivity contribution in [1.29, 1.82) is 0 Å². The number of hydrogen-bond acceptors (Lipinski definition) is 3. The highest BCUT2D eigenvalue weighted by Crippen LogP contribution is 2.26. The molecule has 0 aliphatic rings. The van der Waals surface area contributed by atoms with Crippen molar-refractivity contribution in [1.82, 2.24) is 4.98 Å². The topological polar surface area (TPSA) is 68.0 Å². The third kappa shape index (κ3) is 3.55. The van der Waals surface area contributed by atoms with E-state index in [0.717, 1.165) is 11.1 Å². The molecule has 1 heterocycles. The quantitative estimate of drug-likeness (QED) is 0.776. The fraction of sp³-hybridized carbons (Fsp3) is 0.0526. The highest BCUT2D eigenvalue weighted by atomic mass is 16.1. The number of nitrogen functional groups attached to an aromatic ring is 1. The van der Waals surface area contributed by atoms with Crippen molar-refractivity contribution >= 4 is 17.4 Å². The van der Waals surface area contributed by atoms with Crippen LogP contribution in [0.25, 0.3) is 0 Å². The maximum absolute atomic E-state index is 12.8. The molecule has 0 radical (unpaired) electrons. The predicted molar refractivity (Wildman–Crippen MR) is 92.0 cm³/mol. The van der Waals surface area contributed by atoms with Crippen LogP contribution in [-0.2, 0) is 4.79 Å². The minimum Gasteiger partial charge on any atom is -0.384 e. The summed E-state index contributed by atoms with van der Waals surface area (Å²) in [6.07, 6.45) is 1.56. The molecule has 0 spiro atoms. The molecule has 2 aromatic carbocycles. The van der Waals surface area contributed by atoms with Gasteiger partial charge in [-0.15, -0.1) is 0 Å². The van der Waals surface area contributed by atoms with Crippen molar-refractivity contribution in [3.05, 3.63) is 90.1 Å². The third-order valence-corrected chi connectivity index (χ3v) is 3.58. The first kappa shape index (κ1) is 14.8. The zero-order valence-electron chi connectivity index (χ0n) is 12.5. The zero-order chi connectivity index (χ0) is 16.1. The molecule has 0 saturated carbocycles. The SMILES string of the molecule is Nc1ccc(NC(=O)C(c2ccccc2)c2ccccc2)cn1. The monoisotopic (exact) mass is 303 g/mol. The molecule has 0 fully saturated rings. The van der Waals surface area contributed by atoms with Crippen LogP contribution in [0.1, 0.15) is 17.0 Å². The Labute approximate surface area is 135 Å². The van der Waals surface area contributed by atoms with E-state index in [4.69, 9.17) is 5.73 Å².